The Labute approximate surface area is 119 Å². The summed E-state index contributed by atoms with van der Waals surface area (Å²) in [5.74, 6) is 1.18. The van der Waals surface area contributed by atoms with Crippen molar-refractivity contribution < 1.29 is 17.9 Å². The van der Waals surface area contributed by atoms with Crippen molar-refractivity contribution in [2.45, 2.75) is 19.0 Å². The van der Waals surface area contributed by atoms with Gasteiger partial charge in [-0.15, -0.1) is 0 Å². The van der Waals surface area contributed by atoms with Gasteiger partial charge in [0, 0.05) is 23.7 Å². The van der Waals surface area contributed by atoms with Crippen LogP contribution in [-0.4, -0.2) is 51.3 Å². The number of hydrogen-bond donors (Lipinski definition) is 0. The van der Waals surface area contributed by atoms with Gasteiger partial charge in [-0.25, -0.2) is 8.42 Å². The minimum absolute atomic E-state index is 0.0320. The van der Waals surface area contributed by atoms with E-state index in [4.69, 9.17) is 4.74 Å². The van der Waals surface area contributed by atoms with Gasteiger partial charge in [-0.05, 0) is 31.7 Å². The first-order chi connectivity index (χ1) is 9.45. The van der Waals surface area contributed by atoms with E-state index in [0.717, 1.165) is 11.8 Å². The first kappa shape index (κ1) is 15.0. The van der Waals surface area contributed by atoms with E-state index in [-0.39, 0.29) is 17.5 Å². The van der Waals surface area contributed by atoms with Gasteiger partial charge in [-0.1, -0.05) is 0 Å². The fourth-order valence-electron chi connectivity index (χ4n) is 2.52. The SMILES string of the molecule is COc1ccc(C=O)cc1CN(C)C1CCS(=O)(=O)C1. The lowest BCUT2D eigenvalue weighted by molar-refractivity contribution is 0.112. The third kappa shape index (κ3) is 3.37. The molecule has 1 aromatic carbocycles. The molecule has 1 aliphatic heterocycles. The van der Waals surface area contributed by atoms with Crippen molar-refractivity contribution in [2.24, 2.45) is 0 Å². The molecule has 0 aromatic heterocycles. The van der Waals surface area contributed by atoms with Crippen LogP contribution in [0.25, 0.3) is 0 Å². The fraction of sp³-hybridized carbons (Fsp3) is 0.500. The lowest BCUT2D eigenvalue weighted by atomic mass is 10.1. The Morgan fingerprint density at radius 3 is 2.75 bits per heavy atom. The molecule has 5 nitrogen and oxygen atoms in total. The van der Waals surface area contributed by atoms with E-state index in [0.29, 0.717) is 24.3 Å². The van der Waals surface area contributed by atoms with E-state index in [1.54, 1.807) is 25.3 Å². The van der Waals surface area contributed by atoms with Crippen LogP contribution < -0.4 is 4.74 Å². The molecular formula is C14H19NO4S. The number of aldehydes is 1. The van der Waals surface area contributed by atoms with E-state index < -0.39 is 9.84 Å². The fourth-order valence-corrected chi connectivity index (χ4v) is 4.32. The van der Waals surface area contributed by atoms with E-state index >= 15 is 0 Å². The molecule has 0 saturated carbocycles. The second-order valence-electron chi connectivity index (χ2n) is 5.16. The molecule has 0 radical (unpaired) electrons. The van der Waals surface area contributed by atoms with E-state index in [2.05, 4.69) is 0 Å². The van der Waals surface area contributed by atoms with Gasteiger partial charge < -0.3 is 4.74 Å². The molecule has 1 saturated heterocycles. The summed E-state index contributed by atoms with van der Waals surface area (Å²) in [5, 5.41) is 0. The lowest BCUT2D eigenvalue weighted by Crippen LogP contribution is -2.32. The average Bonchev–Trinajstić information content (AvgIpc) is 2.79. The third-order valence-corrected chi connectivity index (χ3v) is 5.44. The summed E-state index contributed by atoms with van der Waals surface area (Å²) in [6.45, 7) is 0.561. The number of methoxy groups -OCH3 is 1. The summed E-state index contributed by atoms with van der Waals surface area (Å²) in [6.07, 6.45) is 1.46. The molecular weight excluding hydrogens is 278 g/mol. The highest BCUT2D eigenvalue weighted by Gasteiger charge is 2.30. The van der Waals surface area contributed by atoms with Gasteiger partial charge in [-0.3, -0.25) is 9.69 Å². The predicted molar refractivity (Wildman–Crippen MR) is 76.9 cm³/mol. The summed E-state index contributed by atoms with van der Waals surface area (Å²) >= 11 is 0. The molecule has 0 bridgehead atoms. The van der Waals surface area contributed by atoms with Gasteiger partial charge in [0.2, 0.25) is 0 Å². The number of carbonyl (C=O) groups is 1. The van der Waals surface area contributed by atoms with Gasteiger partial charge in [-0.2, -0.15) is 0 Å². The monoisotopic (exact) mass is 297 g/mol. The second kappa shape index (κ2) is 5.93. The minimum atomic E-state index is -2.89. The maximum absolute atomic E-state index is 11.5. The first-order valence-corrected chi connectivity index (χ1v) is 8.30. The van der Waals surface area contributed by atoms with Crippen molar-refractivity contribution in [3.63, 3.8) is 0 Å². The minimum Gasteiger partial charge on any atom is -0.496 e. The Bertz CT molecular complexity index is 597. The van der Waals surface area contributed by atoms with Crippen LogP contribution in [0.2, 0.25) is 0 Å². The van der Waals surface area contributed by atoms with Crippen LogP contribution in [-0.2, 0) is 16.4 Å². The Kier molecular flexibility index (Phi) is 4.45. The van der Waals surface area contributed by atoms with Crippen molar-refractivity contribution in [1.82, 2.24) is 4.90 Å². The van der Waals surface area contributed by atoms with E-state index in [1.165, 1.54) is 0 Å². The normalized spacial score (nSPS) is 21.1. The molecule has 1 fully saturated rings. The van der Waals surface area contributed by atoms with Crippen LogP contribution in [0, 0.1) is 0 Å². The third-order valence-electron chi connectivity index (χ3n) is 3.69. The molecule has 0 N–H and O–H groups in total. The summed E-state index contributed by atoms with van der Waals surface area (Å²) in [7, 11) is 0.594. The molecule has 1 atom stereocenters. The Balaban J connectivity index is 2.14. The predicted octanol–water partition coefficient (Wildman–Crippen LogP) is 1.13. The van der Waals surface area contributed by atoms with Crippen LogP contribution in [0.1, 0.15) is 22.3 Å². The Hall–Kier alpha value is -1.40. The molecule has 20 heavy (non-hydrogen) atoms. The molecule has 1 unspecified atom stereocenters. The van der Waals surface area contributed by atoms with Crippen molar-refractivity contribution in [1.29, 1.82) is 0 Å². The van der Waals surface area contributed by atoms with Gasteiger partial charge in [0.05, 0.1) is 18.6 Å². The topological polar surface area (TPSA) is 63.7 Å². The highest BCUT2D eigenvalue weighted by Crippen LogP contribution is 2.24. The summed E-state index contributed by atoms with van der Waals surface area (Å²) in [4.78, 5) is 12.9. The van der Waals surface area contributed by atoms with Gasteiger partial charge in [0.15, 0.2) is 9.84 Å². The van der Waals surface area contributed by atoms with Crippen LogP contribution >= 0.6 is 0 Å². The molecule has 0 aliphatic carbocycles. The van der Waals surface area contributed by atoms with Gasteiger partial charge in [0.25, 0.3) is 0 Å². The average molecular weight is 297 g/mol. The lowest BCUT2D eigenvalue weighted by Gasteiger charge is -2.24. The van der Waals surface area contributed by atoms with Gasteiger partial charge >= 0.3 is 0 Å². The number of rotatable bonds is 5. The van der Waals surface area contributed by atoms with Crippen LogP contribution in [0.3, 0.4) is 0 Å². The van der Waals surface area contributed by atoms with Crippen LogP contribution in [0.15, 0.2) is 18.2 Å². The molecule has 110 valence electrons. The van der Waals surface area contributed by atoms with E-state index in [9.17, 15) is 13.2 Å². The number of benzene rings is 1. The molecule has 0 amide bonds. The van der Waals surface area contributed by atoms with Crippen LogP contribution in [0.4, 0.5) is 0 Å². The zero-order chi connectivity index (χ0) is 14.8. The Morgan fingerprint density at radius 1 is 1.45 bits per heavy atom. The van der Waals surface area contributed by atoms with Crippen molar-refractivity contribution in [3.8, 4) is 5.75 Å². The van der Waals surface area contributed by atoms with Crippen molar-refractivity contribution >= 4 is 16.1 Å². The molecule has 1 heterocycles. The summed E-state index contributed by atoms with van der Waals surface area (Å²) in [6, 6.07) is 5.28. The van der Waals surface area contributed by atoms with Crippen molar-refractivity contribution in [3.05, 3.63) is 29.3 Å². The number of carbonyl (C=O) groups excluding carboxylic acids is 1. The maximum Gasteiger partial charge on any atom is 0.151 e. The maximum atomic E-state index is 11.5. The number of sulfone groups is 1. The molecule has 0 spiro atoms. The summed E-state index contributed by atoms with van der Waals surface area (Å²) < 4.78 is 28.3. The second-order valence-corrected chi connectivity index (χ2v) is 7.39. The summed E-state index contributed by atoms with van der Waals surface area (Å²) in [5.41, 5.74) is 1.48. The molecule has 2 rings (SSSR count). The number of ether oxygens (including phenoxy) is 1. The standard InChI is InChI=1S/C14H19NO4S/c1-15(13-5-6-20(17,18)10-13)8-12-7-11(9-16)3-4-14(12)19-2/h3-4,7,9,13H,5-6,8,10H2,1-2H3. The molecule has 1 aromatic rings. The highest BCUT2D eigenvalue weighted by molar-refractivity contribution is 7.91. The number of nitrogens with zero attached hydrogens (tertiary/aromatic N) is 1. The quantitative estimate of drug-likeness (QED) is 0.762. The van der Waals surface area contributed by atoms with Crippen molar-refractivity contribution in [2.75, 3.05) is 25.7 Å². The van der Waals surface area contributed by atoms with Crippen LogP contribution in [0.5, 0.6) is 5.75 Å². The zero-order valence-corrected chi connectivity index (χ0v) is 12.5. The zero-order valence-electron chi connectivity index (χ0n) is 11.7. The highest BCUT2D eigenvalue weighted by atomic mass is 32.2. The number of hydrogen-bond acceptors (Lipinski definition) is 5. The molecule has 6 heteroatoms. The van der Waals surface area contributed by atoms with E-state index in [1.807, 2.05) is 11.9 Å². The first-order valence-electron chi connectivity index (χ1n) is 6.48. The Morgan fingerprint density at radius 2 is 2.20 bits per heavy atom. The largest absolute Gasteiger partial charge is 0.496 e. The molecule has 1 aliphatic rings. The van der Waals surface area contributed by atoms with Gasteiger partial charge in [0.1, 0.15) is 12.0 Å². The smallest absolute Gasteiger partial charge is 0.151 e.